The Morgan fingerprint density at radius 3 is 2.42 bits per heavy atom. The minimum absolute atomic E-state index is 0.0552. The molecule has 3 aliphatic carbocycles. The van der Waals surface area contributed by atoms with Gasteiger partial charge in [0, 0.05) is 18.0 Å². The summed E-state index contributed by atoms with van der Waals surface area (Å²) in [7, 11) is -0.479. The monoisotopic (exact) mass is 521 g/mol. The molecular weight excluding hydrogens is 494 g/mol. The number of Topliss-reactive ketones (excluding diaryl/α,β-unsaturated/α-hetero) is 2. The lowest BCUT2D eigenvalue weighted by atomic mass is 9.58. The summed E-state index contributed by atoms with van der Waals surface area (Å²) >= 11 is 0. The number of benzene rings is 1. The number of rotatable bonds is 5. The molecule has 0 saturated carbocycles. The summed E-state index contributed by atoms with van der Waals surface area (Å²) in [6.45, 7) is -0.149. The molecule has 0 heterocycles. The van der Waals surface area contributed by atoms with E-state index in [1.54, 1.807) is 14.1 Å². The number of aromatic hydroxyl groups is 1. The van der Waals surface area contributed by atoms with Crippen LogP contribution in [0.25, 0.3) is 0 Å². The number of phenols is 1. The Morgan fingerprint density at radius 2 is 1.86 bits per heavy atom. The third-order valence-corrected chi connectivity index (χ3v) is 7.90. The minimum atomic E-state index is -3.56. The maximum absolute atomic E-state index is 13.6. The number of carbonyl (C=O) groups is 3. The average Bonchev–Trinajstić information content (AvgIpc) is 2.74. The van der Waals surface area contributed by atoms with Gasteiger partial charge < -0.3 is 26.2 Å². The van der Waals surface area contributed by atoms with Gasteiger partial charge in [0.2, 0.25) is 15.8 Å². The van der Waals surface area contributed by atoms with E-state index in [-0.39, 0.29) is 30.5 Å². The summed E-state index contributed by atoms with van der Waals surface area (Å²) in [5, 5.41) is 44.0. The number of hydrogen-bond donors (Lipinski definition) is 6. The molecule has 0 spiro atoms. The Bertz CT molecular complexity index is 1380. The van der Waals surface area contributed by atoms with Gasteiger partial charge in [-0.2, -0.15) is 0 Å². The maximum Gasteiger partial charge on any atom is 0.255 e. The molecule has 36 heavy (non-hydrogen) atoms. The van der Waals surface area contributed by atoms with E-state index in [2.05, 4.69) is 4.72 Å². The molecule has 1 aromatic rings. The molecule has 0 aromatic heterocycles. The standard InChI is InChI=1S/C23H27N3O9S/c1-26(2)17-12-7-10-6-11-9(8-25-36(3,34)35)4-5-13(27)15(11)18(28)14(10)20(30)23(12,33)21(31)16(19(17)29)22(24)32/h4-5,10,12,17,25,27,29-30,33H,6-8H2,1-3H3,(H2,24,32)/t10-,12-,17-,23-/m0/s1. The fourth-order valence-electron chi connectivity index (χ4n) is 5.69. The molecule has 12 nitrogen and oxygen atoms in total. The number of nitrogens with zero attached hydrogens (tertiary/aromatic N) is 1. The van der Waals surface area contributed by atoms with Crippen molar-refractivity contribution in [2.45, 2.75) is 31.0 Å². The van der Waals surface area contributed by atoms with Crippen LogP contribution in [0.15, 0.2) is 34.8 Å². The van der Waals surface area contributed by atoms with Gasteiger partial charge >= 0.3 is 0 Å². The van der Waals surface area contributed by atoms with Crippen molar-refractivity contribution >= 4 is 27.5 Å². The maximum atomic E-state index is 13.6. The van der Waals surface area contributed by atoms with E-state index >= 15 is 0 Å². The van der Waals surface area contributed by atoms with E-state index in [1.165, 1.54) is 17.0 Å². The molecule has 1 amide bonds. The number of phenolic OH excluding ortho intramolecular Hbond substituents is 1. The Labute approximate surface area is 206 Å². The van der Waals surface area contributed by atoms with Crippen molar-refractivity contribution in [2.24, 2.45) is 17.6 Å². The molecule has 0 saturated heterocycles. The number of primary amides is 1. The third-order valence-electron chi connectivity index (χ3n) is 7.23. The zero-order valence-corrected chi connectivity index (χ0v) is 20.6. The zero-order chi connectivity index (χ0) is 26.9. The van der Waals surface area contributed by atoms with E-state index < -0.39 is 73.8 Å². The van der Waals surface area contributed by atoms with Gasteiger partial charge in [0.15, 0.2) is 11.4 Å². The molecular formula is C23H27N3O9S. The molecule has 3 aliphatic rings. The highest BCUT2D eigenvalue weighted by molar-refractivity contribution is 7.88. The third kappa shape index (κ3) is 3.70. The van der Waals surface area contributed by atoms with Crippen molar-refractivity contribution in [3.8, 4) is 5.75 Å². The molecule has 1 aromatic carbocycles. The molecule has 194 valence electrons. The van der Waals surface area contributed by atoms with Gasteiger partial charge in [0.05, 0.1) is 17.9 Å². The molecule has 7 N–H and O–H groups in total. The molecule has 4 atom stereocenters. The number of aliphatic hydroxyl groups excluding tert-OH is 2. The second kappa shape index (κ2) is 8.40. The normalized spacial score (nSPS) is 28.2. The van der Waals surface area contributed by atoms with Crippen LogP contribution in [0.2, 0.25) is 0 Å². The van der Waals surface area contributed by atoms with Gasteiger partial charge in [0.25, 0.3) is 5.91 Å². The van der Waals surface area contributed by atoms with Gasteiger partial charge in [-0.1, -0.05) is 6.07 Å². The van der Waals surface area contributed by atoms with Crippen molar-refractivity contribution in [1.82, 2.24) is 9.62 Å². The number of nitrogens with two attached hydrogens (primary N) is 1. The lowest BCUT2D eigenvalue weighted by Gasteiger charge is -2.50. The van der Waals surface area contributed by atoms with E-state index in [0.29, 0.717) is 11.1 Å². The number of carbonyl (C=O) groups excluding carboxylic acids is 3. The number of likely N-dealkylation sites (N-methyl/N-ethyl adjacent to an activating group) is 1. The van der Waals surface area contributed by atoms with Gasteiger partial charge in [-0.25, -0.2) is 13.1 Å². The van der Waals surface area contributed by atoms with Gasteiger partial charge in [-0.15, -0.1) is 0 Å². The predicted octanol–water partition coefficient (Wildman–Crippen LogP) is -0.830. The highest BCUT2D eigenvalue weighted by Crippen LogP contribution is 2.52. The quantitative estimate of drug-likeness (QED) is 0.265. The largest absolute Gasteiger partial charge is 0.510 e. The average molecular weight is 522 g/mol. The highest BCUT2D eigenvalue weighted by Gasteiger charge is 2.63. The second-order valence-corrected chi connectivity index (χ2v) is 11.5. The molecule has 0 aliphatic heterocycles. The number of nitrogens with one attached hydrogen (secondary N) is 1. The van der Waals surface area contributed by atoms with Crippen molar-refractivity contribution in [3.63, 3.8) is 0 Å². The fourth-order valence-corrected chi connectivity index (χ4v) is 6.11. The van der Waals surface area contributed by atoms with E-state index in [0.717, 1.165) is 6.26 Å². The smallest absolute Gasteiger partial charge is 0.255 e. The van der Waals surface area contributed by atoms with Crippen LogP contribution in [0.3, 0.4) is 0 Å². The van der Waals surface area contributed by atoms with Crippen LogP contribution in [-0.2, 0) is 32.6 Å². The first kappa shape index (κ1) is 25.8. The first-order chi connectivity index (χ1) is 16.6. The summed E-state index contributed by atoms with van der Waals surface area (Å²) in [6.07, 6.45) is 0.998. The SMILES string of the molecule is CN(C)[C@@H]1C(O)=C(C(N)=O)C(=O)[C@@]2(O)C(O)=C3C(=O)c4c(O)ccc(CNS(C)(=O)=O)c4C[C@H]3C[C@@H]12. The Kier molecular flexibility index (Phi) is 6.03. The van der Waals surface area contributed by atoms with Crippen molar-refractivity contribution in [1.29, 1.82) is 0 Å². The highest BCUT2D eigenvalue weighted by atomic mass is 32.2. The topological polar surface area (TPSA) is 208 Å². The number of sulfonamides is 1. The van der Waals surface area contributed by atoms with Crippen LogP contribution in [0.4, 0.5) is 0 Å². The van der Waals surface area contributed by atoms with Crippen LogP contribution in [0.5, 0.6) is 5.75 Å². The summed E-state index contributed by atoms with van der Waals surface area (Å²) in [5.74, 6) is -7.35. The lowest BCUT2D eigenvalue weighted by molar-refractivity contribution is -0.148. The summed E-state index contributed by atoms with van der Waals surface area (Å²) in [4.78, 5) is 40.2. The number of hydrogen-bond acceptors (Lipinski definition) is 10. The number of aliphatic hydroxyl groups is 3. The van der Waals surface area contributed by atoms with Gasteiger partial charge in [-0.3, -0.25) is 19.3 Å². The minimum Gasteiger partial charge on any atom is -0.510 e. The van der Waals surface area contributed by atoms with Crippen molar-refractivity contribution < 1.29 is 43.2 Å². The fraction of sp³-hybridized carbons (Fsp3) is 0.435. The number of allylic oxidation sites excluding steroid dienone is 1. The Morgan fingerprint density at radius 1 is 1.22 bits per heavy atom. The Balaban J connectivity index is 1.91. The molecule has 13 heteroatoms. The summed E-state index contributed by atoms with van der Waals surface area (Å²) in [6, 6.07) is 1.60. The second-order valence-electron chi connectivity index (χ2n) is 9.65. The molecule has 0 bridgehead atoms. The van der Waals surface area contributed by atoms with Crippen molar-refractivity contribution in [2.75, 3.05) is 20.4 Å². The van der Waals surface area contributed by atoms with Crippen LogP contribution in [-0.4, -0.2) is 83.2 Å². The first-order valence-electron chi connectivity index (χ1n) is 11.0. The van der Waals surface area contributed by atoms with E-state index in [9.17, 15) is 43.2 Å². The van der Waals surface area contributed by atoms with Gasteiger partial charge in [0.1, 0.15) is 22.8 Å². The van der Waals surface area contributed by atoms with Crippen LogP contribution < -0.4 is 10.5 Å². The molecule has 0 radical (unpaired) electrons. The van der Waals surface area contributed by atoms with Crippen LogP contribution in [0, 0.1) is 11.8 Å². The number of fused-ring (bicyclic) bond motifs is 3. The van der Waals surface area contributed by atoms with Crippen LogP contribution in [0.1, 0.15) is 27.9 Å². The zero-order valence-electron chi connectivity index (χ0n) is 19.8. The van der Waals surface area contributed by atoms with E-state index in [1.807, 2.05) is 0 Å². The molecule has 0 fully saturated rings. The number of ketones is 2. The summed E-state index contributed by atoms with van der Waals surface area (Å²) in [5.41, 5.74) is 2.06. The Hall–Kier alpha value is -3.26. The van der Waals surface area contributed by atoms with Crippen LogP contribution >= 0.6 is 0 Å². The number of amides is 1. The predicted molar refractivity (Wildman–Crippen MR) is 125 cm³/mol. The molecule has 4 rings (SSSR count). The lowest BCUT2D eigenvalue weighted by Crippen LogP contribution is -2.63. The molecule has 0 unspecified atom stereocenters. The van der Waals surface area contributed by atoms with Gasteiger partial charge in [-0.05, 0) is 50.0 Å². The van der Waals surface area contributed by atoms with Crippen molar-refractivity contribution in [3.05, 3.63) is 51.5 Å². The summed E-state index contributed by atoms with van der Waals surface area (Å²) < 4.78 is 25.6. The first-order valence-corrected chi connectivity index (χ1v) is 12.9. The van der Waals surface area contributed by atoms with E-state index in [4.69, 9.17) is 5.73 Å².